The van der Waals surface area contributed by atoms with E-state index in [1.54, 1.807) is 0 Å². The van der Waals surface area contributed by atoms with Crippen molar-refractivity contribution < 1.29 is 29.4 Å². The van der Waals surface area contributed by atoms with Crippen molar-refractivity contribution in [2.24, 2.45) is 5.73 Å². The Hall–Kier alpha value is -2.32. The lowest BCUT2D eigenvalue weighted by atomic mass is 10.0. The number of hydrogen-bond donors (Lipinski definition) is 4. The van der Waals surface area contributed by atoms with Gasteiger partial charge in [-0.25, -0.2) is 9.59 Å². The van der Waals surface area contributed by atoms with Crippen molar-refractivity contribution in [3.63, 3.8) is 0 Å². The van der Waals surface area contributed by atoms with Crippen LogP contribution in [-0.2, 0) is 14.4 Å². The van der Waals surface area contributed by atoms with Crippen LogP contribution in [0.15, 0.2) is 0 Å². The van der Waals surface area contributed by atoms with Crippen LogP contribution < -0.4 is 11.1 Å². The Morgan fingerprint density at radius 2 is 1.90 bits per heavy atom. The molecule has 1 heterocycles. The Morgan fingerprint density at radius 1 is 1.25 bits per heavy atom. The first-order chi connectivity index (χ1) is 9.32. The van der Waals surface area contributed by atoms with Gasteiger partial charge in [0, 0.05) is 6.54 Å². The summed E-state index contributed by atoms with van der Waals surface area (Å²) in [6, 6.07) is -3.12. The van der Waals surface area contributed by atoms with Crippen LogP contribution in [-0.4, -0.2) is 57.6 Å². The normalized spacial score (nSPS) is 20.0. The lowest BCUT2D eigenvalue weighted by molar-refractivity contribution is -0.145. The minimum atomic E-state index is -1.55. The molecule has 0 bridgehead atoms. The van der Waals surface area contributed by atoms with Crippen molar-refractivity contribution in [2.75, 3.05) is 6.54 Å². The molecular weight excluding hydrogens is 270 g/mol. The molecule has 0 aliphatic carbocycles. The molecule has 1 fully saturated rings. The highest BCUT2D eigenvalue weighted by atomic mass is 16.4. The molecule has 0 aromatic heterocycles. The number of carboxylic acids is 2. The van der Waals surface area contributed by atoms with E-state index >= 15 is 0 Å². The third-order valence-electron chi connectivity index (χ3n) is 3.07. The van der Waals surface area contributed by atoms with Crippen molar-refractivity contribution >= 4 is 23.9 Å². The molecule has 0 radical (unpaired) electrons. The Bertz CT molecular complexity index is 424. The summed E-state index contributed by atoms with van der Waals surface area (Å²) in [7, 11) is 0. The molecule has 112 valence electrons. The lowest BCUT2D eigenvalue weighted by Gasteiger charge is -2.34. The molecule has 20 heavy (non-hydrogen) atoms. The van der Waals surface area contributed by atoms with Crippen LogP contribution in [0.25, 0.3) is 0 Å². The van der Waals surface area contributed by atoms with Crippen molar-refractivity contribution in [1.29, 1.82) is 0 Å². The molecule has 9 heteroatoms. The summed E-state index contributed by atoms with van der Waals surface area (Å²) in [6.45, 7) is 0.277. The highest BCUT2D eigenvalue weighted by Crippen LogP contribution is 2.17. The summed E-state index contributed by atoms with van der Waals surface area (Å²) in [5, 5.41) is 19.6. The zero-order valence-corrected chi connectivity index (χ0v) is 10.7. The van der Waals surface area contributed by atoms with Gasteiger partial charge in [-0.1, -0.05) is 0 Å². The van der Waals surface area contributed by atoms with Gasteiger partial charge in [0.2, 0.25) is 5.91 Å². The number of carbonyl (C=O) groups is 4. The second kappa shape index (κ2) is 6.73. The molecule has 1 aliphatic heterocycles. The SMILES string of the molecule is NC(=O)C1CCCCN1C(=O)N[C@@H](CC(=O)O)C(=O)O. The monoisotopic (exact) mass is 287 g/mol. The fourth-order valence-electron chi connectivity index (χ4n) is 2.08. The van der Waals surface area contributed by atoms with Gasteiger partial charge >= 0.3 is 18.0 Å². The fraction of sp³-hybridized carbons (Fsp3) is 0.636. The molecular formula is C11H17N3O6. The van der Waals surface area contributed by atoms with Gasteiger partial charge in [-0.2, -0.15) is 0 Å². The van der Waals surface area contributed by atoms with E-state index in [0.29, 0.717) is 12.8 Å². The standard InChI is InChI=1S/C11H17N3O6/c12-9(17)7-3-1-2-4-14(7)11(20)13-6(10(18)19)5-8(15)16/h6-7H,1-5H2,(H2,12,17)(H,13,20)(H,15,16)(H,18,19)/t6-,7?/m0/s1. The van der Waals surface area contributed by atoms with E-state index in [4.69, 9.17) is 15.9 Å². The summed E-state index contributed by atoms with van der Waals surface area (Å²) in [6.07, 6.45) is 1.10. The first-order valence-electron chi connectivity index (χ1n) is 6.14. The van der Waals surface area contributed by atoms with Gasteiger partial charge in [-0.3, -0.25) is 9.59 Å². The number of nitrogens with two attached hydrogens (primary N) is 1. The van der Waals surface area contributed by atoms with Crippen LogP contribution in [0.5, 0.6) is 0 Å². The van der Waals surface area contributed by atoms with Crippen LogP contribution in [0.4, 0.5) is 4.79 Å². The van der Waals surface area contributed by atoms with E-state index in [-0.39, 0.29) is 6.54 Å². The number of nitrogens with one attached hydrogen (secondary N) is 1. The number of likely N-dealkylation sites (tertiary alicyclic amines) is 1. The quantitative estimate of drug-likeness (QED) is 0.507. The minimum Gasteiger partial charge on any atom is -0.481 e. The van der Waals surface area contributed by atoms with Crippen LogP contribution in [0.1, 0.15) is 25.7 Å². The predicted molar refractivity (Wildman–Crippen MR) is 65.7 cm³/mol. The van der Waals surface area contributed by atoms with Gasteiger partial charge < -0.3 is 26.2 Å². The van der Waals surface area contributed by atoms with Gasteiger partial charge in [0.25, 0.3) is 0 Å². The first kappa shape index (κ1) is 15.7. The number of rotatable bonds is 5. The summed E-state index contributed by atoms with van der Waals surface area (Å²) >= 11 is 0. The Morgan fingerprint density at radius 3 is 2.40 bits per heavy atom. The first-order valence-corrected chi connectivity index (χ1v) is 6.14. The van der Waals surface area contributed by atoms with E-state index in [2.05, 4.69) is 5.32 Å². The molecule has 1 rings (SSSR count). The fourth-order valence-corrected chi connectivity index (χ4v) is 2.08. The highest BCUT2D eigenvalue weighted by molar-refractivity contribution is 5.89. The molecule has 1 saturated heterocycles. The molecule has 0 aromatic rings. The van der Waals surface area contributed by atoms with Crippen LogP contribution in [0.3, 0.4) is 0 Å². The van der Waals surface area contributed by atoms with E-state index in [1.165, 1.54) is 0 Å². The molecule has 1 unspecified atom stereocenters. The van der Waals surface area contributed by atoms with Crippen molar-refractivity contribution in [2.45, 2.75) is 37.8 Å². The van der Waals surface area contributed by atoms with Crippen LogP contribution in [0, 0.1) is 0 Å². The predicted octanol–water partition coefficient (Wildman–Crippen LogP) is -1.04. The van der Waals surface area contributed by atoms with Gasteiger partial charge in [-0.05, 0) is 19.3 Å². The second-order valence-electron chi connectivity index (χ2n) is 4.55. The smallest absolute Gasteiger partial charge is 0.326 e. The third-order valence-corrected chi connectivity index (χ3v) is 3.07. The minimum absolute atomic E-state index is 0.277. The maximum Gasteiger partial charge on any atom is 0.326 e. The lowest BCUT2D eigenvalue weighted by Crippen LogP contribution is -2.56. The van der Waals surface area contributed by atoms with Crippen molar-refractivity contribution in [1.82, 2.24) is 10.2 Å². The van der Waals surface area contributed by atoms with Crippen LogP contribution >= 0.6 is 0 Å². The number of carbonyl (C=O) groups excluding carboxylic acids is 2. The topological polar surface area (TPSA) is 150 Å². The highest BCUT2D eigenvalue weighted by Gasteiger charge is 2.33. The number of urea groups is 1. The van der Waals surface area contributed by atoms with Crippen molar-refractivity contribution in [3.05, 3.63) is 0 Å². The Labute approximate surface area is 114 Å². The molecule has 2 atom stereocenters. The van der Waals surface area contributed by atoms with E-state index in [9.17, 15) is 19.2 Å². The molecule has 0 aromatic carbocycles. The van der Waals surface area contributed by atoms with Gasteiger partial charge in [0.1, 0.15) is 12.1 Å². The zero-order chi connectivity index (χ0) is 15.3. The number of hydrogen-bond acceptors (Lipinski definition) is 4. The average Bonchev–Trinajstić information content (AvgIpc) is 2.37. The van der Waals surface area contributed by atoms with Gasteiger partial charge in [0.05, 0.1) is 6.42 Å². The van der Waals surface area contributed by atoms with Gasteiger partial charge in [0.15, 0.2) is 0 Å². The number of carboxylic acid groups (broad SMARTS) is 2. The van der Waals surface area contributed by atoms with Crippen LogP contribution in [0.2, 0.25) is 0 Å². The number of nitrogens with zero attached hydrogens (tertiary/aromatic N) is 1. The maximum absolute atomic E-state index is 12.0. The average molecular weight is 287 g/mol. The molecule has 0 saturated carbocycles. The number of aliphatic carboxylic acids is 2. The zero-order valence-electron chi connectivity index (χ0n) is 10.7. The number of piperidine rings is 1. The largest absolute Gasteiger partial charge is 0.481 e. The maximum atomic E-state index is 12.0. The summed E-state index contributed by atoms with van der Waals surface area (Å²) in [5.41, 5.74) is 5.20. The summed E-state index contributed by atoms with van der Waals surface area (Å²) < 4.78 is 0. The molecule has 9 nitrogen and oxygen atoms in total. The molecule has 3 amide bonds. The number of primary amides is 1. The summed E-state index contributed by atoms with van der Waals surface area (Å²) in [5.74, 6) is -3.46. The Kier molecular flexibility index (Phi) is 5.30. The molecule has 1 aliphatic rings. The summed E-state index contributed by atoms with van der Waals surface area (Å²) in [4.78, 5) is 45.8. The van der Waals surface area contributed by atoms with E-state index < -0.39 is 42.4 Å². The third kappa shape index (κ3) is 4.11. The van der Waals surface area contributed by atoms with Gasteiger partial charge in [-0.15, -0.1) is 0 Å². The van der Waals surface area contributed by atoms with E-state index in [1.807, 2.05) is 0 Å². The number of amides is 3. The Balaban J connectivity index is 2.73. The second-order valence-corrected chi connectivity index (χ2v) is 4.55. The molecule has 0 spiro atoms. The molecule has 5 N–H and O–H groups in total. The van der Waals surface area contributed by atoms with E-state index in [0.717, 1.165) is 11.3 Å². The van der Waals surface area contributed by atoms with Crippen molar-refractivity contribution in [3.8, 4) is 0 Å².